The molecule has 0 radical (unpaired) electrons. The standard InChI is InChI=1S/C13H14ClN3S/c14-11-7-9(8-17-10-2-3-10)1-4-12(11)18-13-15-5-6-16-13/h1,4-7,10,17H,2-3,8H2,(H,15,16). The van der Waals surface area contributed by atoms with Gasteiger partial charge in [0.1, 0.15) is 0 Å². The summed E-state index contributed by atoms with van der Waals surface area (Å²) < 4.78 is 0. The number of hydrogen-bond acceptors (Lipinski definition) is 3. The highest BCUT2D eigenvalue weighted by molar-refractivity contribution is 7.99. The van der Waals surface area contributed by atoms with Gasteiger partial charge in [-0.25, -0.2) is 4.98 Å². The molecule has 5 heteroatoms. The highest BCUT2D eigenvalue weighted by Crippen LogP contribution is 2.32. The number of H-pyrrole nitrogens is 1. The van der Waals surface area contributed by atoms with Crippen LogP contribution in [0.1, 0.15) is 18.4 Å². The molecule has 18 heavy (non-hydrogen) atoms. The van der Waals surface area contributed by atoms with Crippen LogP contribution in [0.5, 0.6) is 0 Å². The Morgan fingerprint density at radius 1 is 1.44 bits per heavy atom. The van der Waals surface area contributed by atoms with Crippen molar-refractivity contribution in [2.24, 2.45) is 0 Å². The van der Waals surface area contributed by atoms with E-state index in [1.165, 1.54) is 18.4 Å². The fourth-order valence-electron chi connectivity index (χ4n) is 1.70. The average molecular weight is 280 g/mol. The van der Waals surface area contributed by atoms with E-state index in [1.807, 2.05) is 12.3 Å². The second-order valence-electron chi connectivity index (χ2n) is 4.42. The Morgan fingerprint density at radius 3 is 3.00 bits per heavy atom. The van der Waals surface area contributed by atoms with Crippen LogP contribution in [-0.2, 0) is 6.54 Å². The second-order valence-corrected chi connectivity index (χ2v) is 5.85. The normalized spacial score (nSPS) is 14.9. The van der Waals surface area contributed by atoms with Gasteiger partial charge < -0.3 is 10.3 Å². The van der Waals surface area contributed by atoms with Crippen molar-refractivity contribution >= 4 is 23.4 Å². The summed E-state index contributed by atoms with van der Waals surface area (Å²) in [6, 6.07) is 6.93. The molecule has 1 heterocycles. The number of hydrogen-bond donors (Lipinski definition) is 2. The molecule has 0 saturated heterocycles. The third kappa shape index (κ3) is 3.07. The van der Waals surface area contributed by atoms with Gasteiger partial charge in [-0.15, -0.1) is 0 Å². The van der Waals surface area contributed by atoms with E-state index in [9.17, 15) is 0 Å². The van der Waals surface area contributed by atoms with Crippen molar-refractivity contribution in [3.05, 3.63) is 41.2 Å². The molecule has 2 aromatic rings. The van der Waals surface area contributed by atoms with Crippen molar-refractivity contribution in [3.63, 3.8) is 0 Å². The zero-order chi connectivity index (χ0) is 12.4. The summed E-state index contributed by atoms with van der Waals surface area (Å²) in [5, 5.41) is 5.13. The largest absolute Gasteiger partial charge is 0.339 e. The topological polar surface area (TPSA) is 40.7 Å². The minimum absolute atomic E-state index is 0.723. The van der Waals surface area contributed by atoms with E-state index in [2.05, 4.69) is 27.4 Å². The lowest BCUT2D eigenvalue weighted by atomic mass is 10.2. The number of aromatic nitrogens is 2. The van der Waals surface area contributed by atoms with Crippen LogP contribution in [0, 0.1) is 0 Å². The van der Waals surface area contributed by atoms with Gasteiger partial charge in [0, 0.05) is 29.9 Å². The molecule has 3 nitrogen and oxygen atoms in total. The van der Waals surface area contributed by atoms with E-state index in [0.717, 1.165) is 27.7 Å². The summed E-state index contributed by atoms with van der Waals surface area (Å²) in [5.74, 6) is 0. The maximum absolute atomic E-state index is 6.29. The third-order valence-electron chi connectivity index (χ3n) is 2.85. The lowest BCUT2D eigenvalue weighted by Gasteiger charge is -2.06. The maximum atomic E-state index is 6.29. The first kappa shape index (κ1) is 12.1. The van der Waals surface area contributed by atoms with Crippen LogP contribution in [0.2, 0.25) is 5.02 Å². The van der Waals surface area contributed by atoms with E-state index >= 15 is 0 Å². The minimum atomic E-state index is 0.723. The van der Waals surface area contributed by atoms with Crippen molar-refractivity contribution < 1.29 is 0 Å². The summed E-state index contributed by atoms with van der Waals surface area (Å²) in [7, 11) is 0. The van der Waals surface area contributed by atoms with E-state index in [4.69, 9.17) is 11.6 Å². The highest BCUT2D eigenvalue weighted by atomic mass is 35.5. The Kier molecular flexibility index (Phi) is 3.59. The van der Waals surface area contributed by atoms with Gasteiger partial charge in [0.15, 0.2) is 5.16 Å². The van der Waals surface area contributed by atoms with Crippen molar-refractivity contribution in [2.75, 3.05) is 0 Å². The molecule has 0 atom stereocenters. The Bertz CT molecular complexity index is 523. The molecule has 0 bridgehead atoms. The second kappa shape index (κ2) is 5.34. The molecule has 0 aliphatic heterocycles. The van der Waals surface area contributed by atoms with Crippen LogP contribution in [0.4, 0.5) is 0 Å². The van der Waals surface area contributed by atoms with Gasteiger partial charge in [-0.2, -0.15) is 0 Å². The monoisotopic (exact) mass is 279 g/mol. The van der Waals surface area contributed by atoms with Gasteiger partial charge in [-0.3, -0.25) is 0 Å². The smallest absolute Gasteiger partial charge is 0.170 e. The minimum Gasteiger partial charge on any atom is -0.339 e. The van der Waals surface area contributed by atoms with Gasteiger partial charge in [0.05, 0.1) is 5.02 Å². The maximum Gasteiger partial charge on any atom is 0.170 e. The van der Waals surface area contributed by atoms with Crippen molar-refractivity contribution in [3.8, 4) is 0 Å². The molecule has 3 rings (SSSR count). The number of rotatable bonds is 5. The van der Waals surface area contributed by atoms with Crippen LogP contribution >= 0.6 is 23.4 Å². The van der Waals surface area contributed by atoms with Crippen LogP contribution in [-0.4, -0.2) is 16.0 Å². The zero-order valence-electron chi connectivity index (χ0n) is 9.82. The van der Waals surface area contributed by atoms with Gasteiger partial charge >= 0.3 is 0 Å². The number of halogens is 1. The van der Waals surface area contributed by atoms with E-state index in [1.54, 1.807) is 18.0 Å². The number of nitrogens with one attached hydrogen (secondary N) is 2. The number of imidazole rings is 1. The Labute approximate surface area is 115 Å². The molecule has 1 aliphatic rings. The van der Waals surface area contributed by atoms with E-state index < -0.39 is 0 Å². The SMILES string of the molecule is Clc1cc(CNC2CC2)ccc1Sc1ncc[nH]1. The summed E-state index contributed by atoms with van der Waals surface area (Å²) in [5.41, 5.74) is 1.23. The predicted molar refractivity (Wildman–Crippen MR) is 74.0 cm³/mol. The molecule has 1 fully saturated rings. The number of aromatic amines is 1. The zero-order valence-corrected chi connectivity index (χ0v) is 11.4. The molecule has 1 aliphatic carbocycles. The van der Waals surface area contributed by atoms with E-state index in [-0.39, 0.29) is 0 Å². The van der Waals surface area contributed by atoms with Gasteiger partial charge in [-0.05, 0) is 30.5 Å². The molecule has 0 unspecified atom stereocenters. The fraction of sp³-hybridized carbons (Fsp3) is 0.308. The summed E-state index contributed by atoms with van der Waals surface area (Å²) in [6.07, 6.45) is 6.16. The lowest BCUT2D eigenvalue weighted by molar-refractivity contribution is 0.687. The summed E-state index contributed by atoms with van der Waals surface area (Å²) in [6.45, 7) is 0.899. The van der Waals surface area contributed by atoms with Crippen LogP contribution < -0.4 is 5.32 Å². The van der Waals surface area contributed by atoms with Gasteiger partial charge in [-0.1, -0.05) is 29.4 Å². The molecular weight excluding hydrogens is 266 g/mol. The first-order valence-electron chi connectivity index (χ1n) is 6.00. The fourth-order valence-corrected chi connectivity index (χ4v) is 2.76. The molecule has 0 amide bonds. The van der Waals surface area contributed by atoms with Gasteiger partial charge in [0.25, 0.3) is 0 Å². The molecule has 1 saturated carbocycles. The van der Waals surface area contributed by atoms with E-state index in [0.29, 0.717) is 0 Å². The third-order valence-corrected chi connectivity index (χ3v) is 4.27. The van der Waals surface area contributed by atoms with Crippen LogP contribution in [0.15, 0.2) is 40.6 Å². The molecule has 1 aromatic heterocycles. The quantitative estimate of drug-likeness (QED) is 0.880. The first-order chi connectivity index (χ1) is 8.81. The lowest BCUT2D eigenvalue weighted by Crippen LogP contribution is -2.15. The average Bonchev–Trinajstić information content (AvgIpc) is 3.06. The Hall–Kier alpha value is -0.970. The van der Waals surface area contributed by atoms with Gasteiger partial charge in [0.2, 0.25) is 0 Å². The van der Waals surface area contributed by atoms with Crippen molar-refractivity contribution in [1.29, 1.82) is 0 Å². The number of benzene rings is 1. The predicted octanol–water partition coefficient (Wildman–Crippen LogP) is 3.47. The van der Waals surface area contributed by atoms with Crippen molar-refractivity contribution in [2.45, 2.75) is 35.5 Å². The summed E-state index contributed by atoms with van der Waals surface area (Å²) >= 11 is 7.83. The summed E-state index contributed by atoms with van der Waals surface area (Å²) in [4.78, 5) is 8.27. The molecule has 0 spiro atoms. The molecular formula is C13H14ClN3S. The van der Waals surface area contributed by atoms with Crippen LogP contribution in [0.25, 0.3) is 0 Å². The Balaban J connectivity index is 1.67. The van der Waals surface area contributed by atoms with Crippen LogP contribution in [0.3, 0.4) is 0 Å². The first-order valence-corrected chi connectivity index (χ1v) is 7.20. The number of nitrogens with zero attached hydrogens (tertiary/aromatic N) is 1. The molecule has 2 N–H and O–H groups in total. The van der Waals surface area contributed by atoms with Crippen molar-refractivity contribution in [1.82, 2.24) is 15.3 Å². The Morgan fingerprint density at radius 2 is 2.33 bits per heavy atom. The molecule has 94 valence electrons. The highest BCUT2D eigenvalue weighted by Gasteiger charge is 2.20. The molecule has 1 aromatic carbocycles.